The van der Waals surface area contributed by atoms with Gasteiger partial charge in [-0.15, -0.1) is 0 Å². The topological polar surface area (TPSA) is 29.5 Å². The van der Waals surface area contributed by atoms with Crippen molar-refractivity contribution in [1.29, 1.82) is 0 Å². The normalized spacial score (nSPS) is 23.1. The van der Waals surface area contributed by atoms with Crippen molar-refractivity contribution < 1.29 is 9.53 Å². The molecule has 2 aliphatic heterocycles. The summed E-state index contributed by atoms with van der Waals surface area (Å²) in [4.78, 5) is 14.9. The number of benzene rings is 2. The summed E-state index contributed by atoms with van der Waals surface area (Å²) in [5.41, 5.74) is 7.31. The molecule has 3 heteroatoms. The molecule has 0 bridgehead atoms. The fourth-order valence-corrected chi connectivity index (χ4v) is 4.45. The molecule has 0 saturated heterocycles. The average molecular weight is 355 g/mol. The summed E-state index contributed by atoms with van der Waals surface area (Å²) < 4.78 is 6.20. The van der Waals surface area contributed by atoms with E-state index in [0.717, 1.165) is 39.3 Å². The summed E-state index contributed by atoms with van der Waals surface area (Å²) in [5.74, 6) is 1.07. The summed E-state index contributed by atoms with van der Waals surface area (Å²) in [7, 11) is 0. The predicted molar refractivity (Wildman–Crippen MR) is 107 cm³/mol. The second kappa shape index (κ2) is 5.71. The number of carbonyl (C=O) groups excluding carboxylic acids is 1. The highest BCUT2D eigenvalue weighted by atomic mass is 16.5. The zero-order chi connectivity index (χ0) is 18.7. The van der Waals surface area contributed by atoms with Gasteiger partial charge in [-0.2, -0.15) is 0 Å². The highest BCUT2D eigenvalue weighted by Gasteiger charge is 2.37. The quantitative estimate of drug-likeness (QED) is 0.683. The van der Waals surface area contributed by atoms with Gasteiger partial charge in [0.05, 0.1) is 12.5 Å². The average Bonchev–Trinajstić information content (AvgIpc) is 2.97. The zero-order valence-corrected chi connectivity index (χ0v) is 15.5. The van der Waals surface area contributed by atoms with Gasteiger partial charge in [-0.25, -0.2) is 0 Å². The van der Waals surface area contributed by atoms with E-state index in [9.17, 15) is 4.79 Å². The molecule has 2 aromatic rings. The highest BCUT2D eigenvalue weighted by Crippen LogP contribution is 2.47. The number of para-hydroxylation sites is 1. The van der Waals surface area contributed by atoms with E-state index in [0.29, 0.717) is 6.54 Å². The molecule has 1 aliphatic carbocycles. The number of fused-ring (bicyclic) bond motifs is 4. The Balaban J connectivity index is 1.61. The second-order valence-electron chi connectivity index (χ2n) is 7.57. The minimum Gasteiger partial charge on any atom is -0.489 e. The summed E-state index contributed by atoms with van der Waals surface area (Å²) in [6.45, 7) is 8.99. The van der Waals surface area contributed by atoms with Crippen LogP contribution < -0.4 is 4.90 Å². The molecule has 3 aliphatic rings. The number of nitrogens with zero attached hydrogens (tertiary/aromatic N) is 1. The van der Waals surface area contributed by atoms with Crippen molar-refractivity contribution >= 4 is 11.6 Å². The molecular weight excluding hydrogens is 334 g/mol. The van der Waals surface area contributed by atoms with Gasteiger partial charge in [0.15, 0.2) is 0 Å². The Bertz CT molecular complexity index is 1050. The molecule has 0 radical (unpaired) electrons. The Hall–Kier alpha value is -3.07. The molecule has 1 amide bonds. The van der Waals surface area contributed by atoms with Crippen molar-refractivity contribution in [3.05, 3.63) is 100 Å². The van der Waals surface area contributed by atoms with Crippen LogP contribution in [0.4, 0.5) is 5.69 Å². The summed E-state index contributed by atoms with van der Waals surface area (Å²) in [6.07, 6.45) is 4.14. The van der Waals surface area contributed by atoms with Gasteiger partial charge < -0.3 is 9.64 Å². The molecule has 2 aromatic carbocycles. The first-order chi connectivity index (χ1) is 13.0. The number of amides is 1. The van der Waals surface area contributed by atoms with E-state index in [1.807, 2.05) is 48.2 Å². The van der Waals surface area contributed by atoms with E-state index in [4.69, 9.17) is 4.74 Å². The van der Waals surface area contributed by atoms with Crippen LogP contribution in [0.3, 0.4) is 0 Å². The number of rotatable bonds is 1. The van der Waals surface area contributed by atoms with E-state index in [-0.39, 0.29) is 17.9 Å². The molecule has 0 unspecified atom stereocenters. The van der Waals surface area contributed by atoms with Gasteiger partial charge in [-0.1, -0.05) is 36.9 Å². The monoisotopic (exact) mass is 355 g/mol. The summed E-state index contributed by atoms with van der Waals surface area (Å²) in [5, 5.41) is 0. The van der Waals surface area contributed by atoms with E-state index in [1.54, 1.807) is 0 Å². The van der Waals surface area contributed by atoms with Crippen LogP contribution >= 0.6 is 0 Å². The largest absolute Gasteiger partial charge is 0.489 e. The van der Waals surface area contributed by atoms with Gasteiger partial charge in [0, 0.05) is 11.3 Å². The molecule has 5 rings (SSSR count). The van der Waals surface area contributed by atoms with Crippen molar-refractivity contribution in [3.63, 3.8) is 0 Å². The second-order valence-corrected chi connectivity index (χ2v) is 7.57. The zero-order valence-electron chi connectivity index (χ0n) is 15.5. The standard InChI is InChI=1S/C24H21NO2/c1-14-9-15(2)23-21-11-17-13-25(18-7-5-4-6-8-18)24(26)20(17)12-19(21)16(3)27-22(23)10-14/h4-12,16,23H,2,13H2,1,3H3/t16-,23-/m1/s1. The molecule has 0 aromatic heterocycles. The fraction of sp³-hybridized carbons (Fsp3) is 0.208. The lowest BCUT2D eigenvalue weighted by Crippen LogP contribution is -2.23. The maximum absolute atomic E-state index is 13.0. The van der Waals surface area contributed by atoms with Crippen LogP contribution in [-0.4, -0.2) is 5.91 Å². The van der Waals surface area contributed by atoms with Crippen LogP contribution in [0.1, 0.15) is 52.9 Å². The van der Waals surface area contributed by atoms with Crippen LogP contribution in [0.5, 0.6) is 0 Å². The van der Waals surface area contributed by atoms with E-state index in [1.165, 1.54) is 5.56 Å². The first-order valence-electron chi connectivity index (χ1n) is 9.32. The molecule has 2 atom stereocenters. The maximum atomic E-state index is 13.0. The number of ether oxygens (including phenoxy) is 1. The molecule has 0 N–H and O–H groups in total. The van der Waals surface area contributed by atoms with Crippen LogP contribution in [-0.2, 0) is 11.3 Å². The van der Waals surface area contributed by atoms with E-state index >= 15 is 0 Å². The Kier molecular flexibility index (Phi) is 3.41. The molecule has 0 saturated carbocycles. The van der Waals surface area contributed by atoms with E-state index < -0.39 is 0 Å². The number of hydrogen-bond acceptors (Lipinski definition) is 2. The lowest BCUT2D eigenvalue weighted by Gasteiger charge is -2.36. The number of carbonyl (C=O) groups is 1. The predicted octanol–water partition coefficient (Wildman–Crippen LogP) is 5.42. The van der Waals surface area contributed by atoms with Crippen molar-refractivity contribution in [2.45, 2.75) is 32.4 Å². The third-order valence-corrected chi connectivity index (χ3v) is 5.68. The summed E-state index contributed by atoms with van der Waals surface area (Å²) >= 11 is 0. The lowest BCUT2D eigenvalue weighted by atomic mass is 9.78. The Morgan fingerprint density at radius 1 is 1.11 bits per heavy atom. The Labute approximate surface area is 159 Å². The van der Waals surface area contributed by atoms with E-state index in [2.05, 4.69) is 31.7 Å². The summed E-state index contributed by atoms with van der Waals surface area (Å²) in [6, 6.07) is 14.1. The van der Waals surface area contributed by atoms with Crippen molar-refractivity contribution in [2.24, 2.45) is 0 Å². The van der Waals surface area contributed by atoms with Gasteiger partial charge >= 0.3 is 0 Å². The molecule has 0 fully saturated rings. The lowest BCUT2D eigenvalue weighted by molar-refractivity contribution is 0.0994. The first-order valence-corrected chi connectivity index (χ1v) is 9.32. The van der Waals surface area contributed by atoms with Crippen LogP contribution in [0, 0.1) is 0 Å². The van der Waals surface area contributed by atoms with Crippen molar-refractivity contribution in [2.75, 3.05) is 4.90 Å². The first kappa shape index (κ1) is 16.1. The fourth-order valence-electron chi connectivity index (χ4n) is 4.45. The highest BCUT2D eigenvalue weighted by molar-refractivity contribution is 6.10. The SMILES string of the molecule is C=C1C=C(C)C=C2O[C@H](C)c3cc4c(cc3[C@@H]12)CN(c1ccccc1)C4=O. The van der Waals surface area contributed by atoms with Gasteiger partial charge in [-0.05, 0) is 66.0 Å². The molecule has 3 nitrogen and oxygen atoms in total. The Morgan fingerprint density at radius 2 is 1.89 bits per heavy atom. The molecular formula is C24H21NO2. The van der Waals surface area contributed by atoms with Crippen molar-refractivity contribution in [1.82, 2.24) is 0 Å². The minimum absolute atomic E-state index is 0.0473. The Morgan fingerprint density at radius 3 is 2.67 bits per heavy atom. The van der Waals surface area contributed by atoms with Crippen LogP contribution in [0.15, 0.2) is 78.1 Å². The number of hydrogen-bond donors (Lipinski definition) is 0. The molecule has 2 heterocycles. The van der Waals surface area contributed by atoms with Gasteiger partial charge in [-0.3, -0.25) is 4.79 Å². The van der Waals surface area contributed by atoms with Gasteiger partial charge in [0.25, 0.3) is 5.91 Å². The van der Waals surface area contributed by atoms with Crippen LogP contribution in [0.2, 0.25) is 0 Å². The molecule has 27 heavy (non-hydrogen) atoms. The third-order valence-electron chi connectivity index (χ3n) is 5.68. The minimum atomic E-state index is -0.0786. The maximum Gasteiger partial charge on any atom is 0.258 e. The smallest absolute Gasteiger partial charge is 0.258 e. The van der Waals surface area contributed by atoms with Crippen LogP contribution in [0.25, 0.3) is 0 Å². The molecule has 134 valence electrons. The van der Waals surface area contributed by atoms with Crippen molar-refractivity contribution in [3.8, 4) is 0 Å². The third kappa shape index (κ3) is 2.38. The molecule has 0 spiro atoms. The van der Waals surface area contributed by atoms with Gasteiger partial charge in [0.1, 0.15) is 11.9 Å². The number of allylic oxidation sites excluding steroid dienone is 4. The number of anilines is 1. The van der Waals surface area contributed by atoms with Gasteiger partial charge in [0.2, 0.25) is 0 Å².